The van der Waals surface area contributed by atoms with Crippen LogP contribution in [-0.2, 0) is 0 Å². The second-order valence-corrected chi connectivity index (χ2v) is 2.57. The van der Waals surface area contributed by atoms with Crippen molar-refractivity contribution in [1.29, 1.82) is 5.26 Å². The maximum Gasteiger partial charge on any atom is 0.128 e. The van der Waals surface area contributed by atoms with Gasteiger partial charge in [0.25, 0.3) is 0 Å². The van der Waals surface area contributed by atoms with Gasteiger partial charge in [0.1, 0.15) is 11.9 Å². The smallest absolute Gasteiger partial charge is 0.128 e. The zero-order valence-electron chi connectivity index (χ0n) is 7.07. The maximum atomic E-state index is 8.61. The topological polar surface area (TPSA) is 88.7 Å². The zero-order chi connectivity index (χ0) is 9.84. The normalized spacial score (nSPS) is 11.7. The van der Waals surface area contributed by atoms with E-state index in [1.165, 1.54) is 6.20 Å². The first-order valence-electron chi connectivity index (χ1n) is 3.72. The Morgan fingerprint density at radius 2 is 2.38 bits per heavy atom. The van der Waals surface area contributed by atoms with E-state index in [-0.39, 0.29) is 6.04 Å². The summed E-state index contributed by atoms with van der Waals surface area (Å²) < 4.78 is 0. The molecule has 1 atom stereocenters. The van der Waals surface area contributed by atoms with E-state index in [4.69, 9.17) is 16.7 Å². The van der Waals surface area contributed by atoms with Crippen molar-refractivity contribution >= 4 is 5.82 Å². The van der Waals surface area contributed by atoms with Crippen LogP contribution in [0.1, 0.15) is 17.2 Å². The van der Waals surface area contributed by atoms with Crippen LogP contribution in [0.2, 0.25) is 0 Å². The molecular formula is C9H10N4. The predicted molar refractivity (Wildman–Crippen MR) is 50.5 cm³/mol. The predicted octanol–water partition coefficient (Wildman–Crippen LogP) is 0.721. The molecule has 1 aromatic rings. The second-order valence-electron chi connectivity index (χ2n) is 2.57. The third-order valence-electron chi connectivity index (χ3n) is 1.69. The highest BCUT2D eigenvalue weighted by Crippen LogP contribution is 2.17. The lowest BCUT2D eigenvalue weighted by Crippen LogP contribution is -2.10. The summed E-state index contributed by atoms with van der Waals surface area (Å²) in [6.07, 6.45) is 2.96. The van der Waals surface area contributed by atoms with Gasteiger partial charge >= 0.3 is 0 Å². The first kappa shape index (κ1) is 9.23. The average Bonchev–Trinajstić information content (AvgIpc) is 2.17. The fourth-order valence-electron chi connectivity index (χ4n) is 0.947. The zero-order valence-corrected chi connectivity index (χ0v) is 7.07. The molecule has 0 unspecified atom stereocenters. The first-order chi connectivity index (χ1) is 6.19. The van der Waals surface area contributed by atoms with Crippen molar-refractivity contribution in [3.63, 3.8) is 0 Å². The Morgan fingerprint density at radius 1 is 1.69 bits per heavy atom. The Bertz CT molecular complexity index is 364. The van der Waals surface area contributed by atoms with Crippen LogP contribution < -0.4 is 11.5 Å². The Kier molecular flexibility index (Phi) is 2.62. The highest BCUT2D eigenvalue weighted by atomic mass is 14.8. The molecule has 0 bridgehead atoms. The summed E-state index contributed by atoms with van der Waals surface area (Å²) in [7, 11) is 0. The van der Waals surface area contributed by atoms with Gasteiger partial charge in [0.2, 0.25) is 0 Å². The van der Waals surface area contributed by atoms with Gasteiger partial charge in [-0.3, -0.25) is 0 Å². The molecule has 0 radical (unpaired) electrons. The summed E-state index contributed by atoms with van der Waals surface area (Å²) in [5.74, 6) is 0.339. The van der Waals surface area contributed by atoms with E-state index in [1.807, 2.05) is 6.07 Å². The van der Waals surface area contributed by atoms with Crippen molar-refractivity contribution in [3.05, 3.63) is 36.0 Å². The van der Waals surface area contributed by atoms with Crippen LogP contribution in [0, 0.1) is 11.3 Å². The lowest BCUT2D eigenvalue weighted by atomic mass is 10.1. The average molecular weight is 174 g/mol. The third-order valence-corrected chi connectivity index (χ3v) is 1.69. The molecule has 1 rings (SSSR count). The minimum atomic E-state index is -0.374. The standard InChI is InChI=1S/C9H10N4/c1-2-8(11)7-3-6(4-10)5-13-9(7)12/h2-3,5,8H,1,11H2,(H2,12,13)/t8-/m1/s1. The number of nitrogens with two attached hydrogens (primary N) is 2. The number of hydrogen-bond acceptors (Lipinski definition) is 4. The summed E-state index contributed by atoms with van der Waals surface area (Å²) in [6, 6.07) is 3.21. The second kappa shape index (κ2) is 3.70. The van der Waals surface area contributed by atoms with Crippen molar-refractivity contribution in [3.8, 4) is 6.07 Å². The van der Waals surface area contributed by atoms with E-state index in [2.05, 4.69) is 11.6 Å². The van der Waals surface area contributed by atoms with E-state index in [9.17, 15) is 0 Å². The number of nitriles is 1. The van der Waals surface area contributed by atoms with Gasteiger partial charge in [0, 0.05) is 11.8 Å². The van der Waals surface area contributed by atoms with E-state index in [1.54, 1.807) is 12.1 Å². The van der Waals surface area contributed by atoms with Crippen LogP contribution in [0.4, 0.5) is 5.82 Å². The molecular weight excluding hydrogens is 164 g/mol. The van der Waals surface area contributed by atoms with Gasteiger partial charge < -0.3 is 11.5 Å². The van der Waals surface area contributed by atoms with Gasteiger partial charge in [-0.15, -0.1) is 6.58 Å². The van der Waals surface area contributed by atoms with Crippen LogP contribution in [-0.4, -0.2) is 4.98 Å². The maximum absolute atomic E-state index is 8.61. The number of pyridine rings is 1. The summed E-state index contributed by atoms with van der Waals surface area (Å²) >= 11 is 0. The largest absolute Gasteiger partial charge is 0.383 e. The number of nitrogen functional groups attached to an aromatic ring is 1. The molecule has 0 aromatic carbocycles. The first-order valence-corrected chi connectivity index (χ1v) is 3.72. The summed E-state index contributed by atoms with van der Waals surface area (Å²) in [5.41, 5.74) is 12.3. The monoisotopic (exact) mass is 174 g/mol. The fraction of sp³-hybridized carbons (Fsp3) is 0.111. The third kappa shape index (κ3) is 1.83. The molecule has 0 fully saturated rings. The molecule has 0 saturated carbocycles. The number of rotatable bonds is 2. The quantitative estimate of drug-likeness (QED) is 0.646. The molecule has 0 aliphatic carbocycles. The molecule has 0 spiro atoms. The highest BCUT2D eigenvalue weighted by Gasteiger charge is 2.07. The minimum Gasteiger partial charge on any atom is -0.383 e. The van der Waals surface area contributed by atoms with Gasteiger partial charge in [-0.05, 0) is 6.07 Å². The van der Waals surface area contributed by atoms with Gasteiger partial charge in [0.15, 0.2) is 0 Å². The lowest BCUT2D eigenvalue weighted by molar-refractivity contribution is 0.908. The Morgan fingerprint density at radius 3 is 2.92 bits per heavy atom. The molecule has 1 aromatic heterocycles. The van der Waals surface area contributed by atoms with Gasteiger partial charge in [0.05, 0.1) is 11.6 Å². The number of anilines is 1. The number of hydrogen-bond donors (Lipinski definition) is 2. The van der Waals surface area contributed by atoms with Crippen molar-refractivity contribution < 1.29 is 0 Å². The van der Waals surface area contributed by atoms with Crippen molar-refractivity contribution in [2.75, 3.05) is 5.73 Å². The fourth-order valence-corrected chi connectivity index (χ4v) is 0.947. The molecule has 0 saturated heterocycles. The van der Waals surface area contributed by atoms with Crippen molar-refractivity contribution in [2.45, 2.75) is 6.04 Å². The summed E-state index contributed by atoms with van der Waals surface area (Å²) in [5, 5.41) is 8.61. The van der Waals surface area contributed by atoms with Crippen LogP contribution in [0.25, 0.3) is 0 Å². The Balaban J connectivity index is 3.20. The number of aromatic nitrogens is 1. The van der Waals surface area contributed by atoms with E-state index in [0.29, 0.717) is 16.9 Å². The Hall–Kier alpha value is -1.86. The number of nitrogens with zero attached hydrogens (tertiary/aromatic N) is 2. The molecule has 13 heavy (non-hydrogen) atoms. The molecule has 0 aliphatic rings. The minimum absolute atomic E-state index is 0.339. The van der Waals surface area contributed by atoms with E-state index < -0.39 is 0 Å². The van der Waals surface area contributed by atoms with Crippen molar-refractivity contribution in [2.24, 2.45) is 5.73 Å². The van der Waals surface area contributed by atoms with Crippen LogP contribution in [0.3, 0.4) is 0 Å². The SMILES string of the molecule is C=C[C@@H](N)c1cc(C#N)cnc1N. The molecule has 1 heterocycles. The van der Waals surface area contributed by atoms with Gasteiger partial charge in [-0.1, -0.05) is 6.08 Å². The van der Waals surface area contributed by atoms with Crippen LogP contribution in [0.15, 0.2) is 24.9 Å². The molecule has 4 heteroatoms. The molecule has 66 valence electrons. The van der Waals surface area contributed by atoms with E-state index in [0.717, 1.165) is 0 Å². The summed E-state index contributed by atoms with van der Waals surface area (Å²) in [4.78, 5) is 3.85. The van der Waals surface area contributed by atoms with E-state index >= 15 is 0 Å². The molecule has 4 N–H and O–H groups in total. The van der Waals surface area contributed by atoms with Gasteiger partial charge in [-0.25, -0.2) is 4.98 Å². The lowest BCUT2D eigenvalue weighted by Gasteiger charge is -2.08. The molecule has 4 nitrogen and oxygen atoms in total. The van der Waals surface area contributed by atoms with Crippen LogP contribution >= 0.6 is 0 Å². The van der Waals surface area contributed by atoms with Gasteiger partial charge in [-0.2, -0.15) is 5.26 Å². The van der Waals surface area contributed by atoms with Crippen molar-refractivity contribution in [1.82, 2.24) is 4.98 Å². The molecule has 0 amide bonds. The molecule has 0 aliphatic heterocycles. The highest BCUT2D eigenvalue weighted by molar-refractivity contribution is 5.46. The Labute approximate surface area is 76.5 Å². The summed E-state index contributed by atoms with van der Waals surface area (Å²) in [6.45, 7) is 3.54. The van der Waals surface area contributed by atoms with Crippen LogP contribution in [0.5, 0.6) is 0 Å².